The lowest BCUT2D eigenvalue weighted by Gasteiger charge is -2.55. The molecule has 16 heavy (non-hydrogen) atoms. The highest BCUT2D eigenvalue weighted by atomic mass is 16.6. The summed E-state index contributed by atoms with van der Waals surface area (Å²) in [6.07, 6.45) is 2.85. The Balaban J connectivity index is 1.98. The van der Waals surface area contributed by atoms with Crippen LogP contribution in [0.5, 0.6) is 0 Å². The average molecular weight is 227 g/mol. The van der Waals surface area contributed by atoms with Crippen LogP contribution in [0.2, 0.25) is 0 Å². The van der Waals surface area contributed by atoms with Crippen LogP contribution in [0.1, 0.15) is 40.0 Å². The van der Waals surface area contributed by atoms with E-state index >= 15 is 0 Å². The van der Waals surface area contributed by atoms with Crippen molar-refractivity contribution in [2.75, 3.05) is 6.61 Å². The summed E-state index contributed by atoms with van der Waals surface area (Å²) in [6.45, 7) is 5.81. The maximum Gasteiger partial charge on any atom is 0.410 e. The standard InChI is InChI=1S/C12H21NO3/c1-12(2,3)16-11(15)13-9-5-4-8(7-14)10(13)6-9/h8-10,14H,4-7H2,1-3H3. The fraction of sp³-hybridized carbons (Fsp3) is 0.917. The van der Waals surface area contributed by atoms with Gasteiger partial charge in [-0.1, -0.05) is 0 Å². The Kier molecular flexibility index (Phi) is 2.86. The van der Waals surface area contributed by atoms with E-state index in [2.05, 4.69) is 0 Å². The molecule has 2 aliphatic heterocycles. The second-order valence-electron chi connectivity index (χ2n) is 5.86. The predicted molar refractivity (Wildman–Crippen MR) is 60.1 cm³/mol. The first-order valence-electron chi connectivity index (χ1n) is 6.04. The van der Waals surface area contributed by atoms with E-state index in [-0.39, 0.29) is 24.7 Å². The fourth-order valence-corrected chi connectivity index (χ4v) is 2.73. The number of fused-ring (bicyclic) bond motifs is 2. The summed E-state index contributed by atoms with van der Waals surface area (Å²) >= 11 is 0. The molecule has 0 radical (unpaired) electrons. The maximum atomic E-state index is 11.9. The van der Waals surface area contributed by atoms with E-state index in [0.717, 1.165) is 19.3 Å². The molecule has 2 bridgehead atoms. The second kappa shape index (κ2) is 3.91. The van der Waals surface area contributed by atoms with Gasteiger partial charge in [0.25, 0.3) is 0 Å². The monoisotopic (exact) mass is 227 g/mol. The number of piperidine rings is 1. The van der Waals surface area contributed by atoms with Crippen LogP contribution in [0, 0.1) is 5.92 Å². The molecule has 3 rings (SSSR count). The first-order chi connectivity index (χ1) is 7.42. The van der Waals surface area contributed by atoms with E-state index in [9.17, 15) is 9.90 Å². The van der Waals surface area contributed by atoms with Crippen molar-refractivity contribution >= 4 is 6.09 Å². The first-order valence-corrected chi connectivity index (χ1v) is 6.04. The third-order valence-corrected chi connectivity index (χ3v) is 3.52. The molecule has 0 aromatic carbocycles. The minimum absolute atomic E-state index is 0.177. The van der Waals surface area contributed by atoms with E-state index in [4.69, 9.17) is 4.74 Å². The molecule has 3 aliphatic rings. The molecule has 4 nitrogen and oxygen atoms in total. The number of carbonyl (C=O) groups excluding carboxylic acids is 1. The summed E-state index contributed by atoms with van der Waals surface area (Å²) in [5, 5.41) is 9.24. The number of carbonyl (C=O) groups is 1. The minimum atomic E-state index is -0.435. The summed E-state index contributed by atoms with van der Waals surface area (Å²) in [5.74, 6) is 0.248. The van der Waals surface area contributed by atoms with Crippen LogP contribution in [0.4, 0.5) is 4.79 Å². The van der Waals surface area contributed by atoms with E-state index in [1.54, 1.807) is 0 Å². The lowest BCUT2D eigenvalue weighted by Crippen LogP contribution is -2.65. The molecule has 3 fully saturated rings. The molecule has 1 amide bonds. The number of aliphatic hydroxyl groups is 1. The molecular formula is C12H21NO3. The van der Waals surface area contributed by atoms with Gasteiger partial charge in [0.15, 0.2) is 0 Å². The molecule has 4 heteroatoms. The number of aliphatic hydroxyl groups excluding tert-OH is 1. The number of amides is 1. The predicted octanol–water partition coefficient (Wildman–Crippen LogP) is 1.77. The third-order valence-electron chi connectivity index (χ3n) is 3.52. The average Bonchev–Trinajstić information content (AvgIpc) is 2.14. The minimum Gasteiger partial charge on any atom is -0.444 e. The van der Waals surface area contributed by atoms with Gasteiger partial charge in [-0.05, 0) is 40.0 Å². The van der Waals surface area contributed by atoms with Crippen LogP contribution >= 0.6 is 0 Å². The molecule has 2 saturated heterocycles. The van der Waals surface area contributed by atoms with Crippen molar-refractivity contribution < 1.29 is 14.6 Å². The molecule has 92 valence electrons. The van der Waals surface area contributed by atoms with E-state index < -0.39 is 5.60 Å². The zero-order valence-electron chi connectivity index (χ0n) is 10.3. The van der Waals surface area contributed by atoms with Gasteiger partial charge >= 0.3 is 6.09 Å². The summed E-state index contributed by atoms with van der Waals surface area (Å²) in [7, 11) is 0. The van der Waals surface area contributed by atoms with Gasteiger partial charge in [0, 0.05) is 24.6 Å². The van der Waals surface area contributed by atoms with Crippen molar-refractivity contribution in [3.05, 3.63) is 0 Å². The zero-order valence-corrected chi connectivity index (χ0v) is 10.3. The fourth-order valence-electron chi connectivity index (χ4n) is 2.73. The van der Waals surface area contributed by atoms with Crippen LogP contribution in [-0.4, -0.2) is 40.4 Å². The van der Waals surface area contributed by atoms with Crippen LogP contribution in [-0.2, 0) is 4.74 Å². The Morgan fingerprint density at radius 3 is 2.62 bits per heavy atom. The number of nitrogens with zero attached hydrogens (tertiary/aromatic N) is 1. The Morgan fingerprint density at radius 2 is 2.12 bits per heavy atom. The zero-order chi connectivity index (χ0) is 11.9. The van der Waals surface area contributed by atoms with Crippen molar-refractivity contribution in [3.8, 4) is 0 Å². The van der Waals surface area contributed by atoms with Crippen molar-refractivity contribution in [1.29, 1.82) is 0 Å². The third kappa shape index (κ3) is 2.03. The van der Waals surface area contributed by atoms with Gasteiger partial charge in [0.2, 0.25) is 0 Å². The van der Waals surface area contributed by atoms with Crippen LogP contribution in [0.15, 0.2) is 0 Å². The van der Waals surface area contributed by atoms with Crippen molar-refractivity contribution in [1.82, 2.24) is 4.90 Å². The molecule has 1 aliphatic carbocycles. The summed E-state index contributed by atoms with van der Waals surface area (Å²) in [5.41, 5.74) is -0.435. The molecule has 3 atom stereocenters. The number of rotatable bonds is 1. The van der Waals surface area contributed by atoms with Crippen molar-refractivity contribution in [2.45, 2.75) is 57.7 Å². The SMILES string of the molecule is CC(C)(C)OC(=O)N1C2CCC(CO)C1C2. The van der Waals surface area contributed by atoms with Gasteiger partial charge in [-0.15, -0.1) is 0 Å². The Labute approximate surface area is 96.6 Å². The smallest absolute Gasteiger partial charge is 0.410 e. The van der Waals surface area contributed by atoms with E-state index in [1.807, 2.05) is 25.7 Å². The molecule has 3 unspecified atom stereocenters. The summed E-state index contributed by atoms with van der Waals surface area (Å²) < 4.78 is 5.38. The van der Waals surface area contributed by atoms with E-state index in [1.165, 1.54) is 0 Å². The van der Waals surface area contributed by atoms with E-state index in [0.29, 0.717) is 6.04 Å². The van der Waals surface area contributed by atoms with Gasteiger partial charge in [-0.2, -0.15) is 0 Å². The van der Waals surface area contributed by atoms with Gasteiger partial charge in [0.05, 0.1) is 0 Å². The normalized spacial score (nSPS) is 33.2. The molecule has 0 aromatic heterocycles. The number of hydrogen-bond donors (Lipinski definition) is 1. The Morgan fingerprint density at radius 1 is 1.44 bits per heavy atom. The Hall–Kier alpha value is -0.770. The highest BCUT2D eigenvalue weighted by Gasteiger charge is 2.50. The maximum absolute atomic E-state index is 11.9. The van der Waals surface area contributed by atoms with Crippen molar-refractivity contribution in [2.24, 2.45) is 5.92 Å². The summed E-state index contributed by atoms with van der Waals surface area (Å²) in [6, 6.07) is 0.557. The molecule has 0 spiro atoms. The van der Waals surface area contributed by atoms with Gasteiger partial charge in [0.1, 0.15) is 5.60 Å². The topological polar surface area (TPSA) is 49.8 Å². The largest absolute Gasteiger partial charge is 0.444 e. The van der Waals surface area contributed by atoms with Crippen LogP contribution in [0.3, 0.4) is 0 Å². The van der Waals surface area contributed by atoms with Gasteiger partial charge < -0.3 is 14.7 Å². The molecule has 0 aromatic rings. The first kappa shape index (κ1) is 11.7. The number of ether oxygens (including phenoxy) is 1. The molecule has 2 heterocycles. The molecule has 1 saturated carbocycles. The van der Waals surface area contributed by atoms with Gasteiger partial charge in [-0.25, -0.2) is 4.79 Å². The lowest BCUT2D eigenvalue weighted by atomic mass is 9.73. The highest BCUT2D eigenvalue weighted by Crippen LogP contribution is 2.42. The second-order valence-corrected chi connectivity index (χ2v) is 5.86. The molecule has 1 N–H and O–H groups in total. The Bertz CT molecular complexity index is 282. The van der Waals surface area contributed by atoms with Crippen LogP contribution < -0.4 is 0 Å². The molecular weight excluding hydrogens is 206 g/mol. The summed E-state index contributed by atoms with van der Waals surface area (Å²) in [4.78, 5) is 13.8. The van der Waals surface area contributed by atoms with Crippen molar-refractivity contribution in [3.63, 3.8) is 0 Å². The number of hydrogen-bond acceptors (Lipinski definition) is 3. The van der Waals surface area contributed by atoms with Gasteiger partial charge in [-0.3, -0.25) is 0 Å². The highest BCUT2D eigenvalue weighted by molar-refractivity contribution is 5.70. The van der Waals surface area contributed by atoms with Crippen LogP contribution in [0.25, 0.3) is 0 Å². The lowest BCUT2D eigenvalue weighted by molar-refractivity contribution is -0.0831. The quantitative estimate of drug-likeness (QED) is 0.742.